The lowest BCUT2D eigenvalue weighted by atomic mass is 10.00. The van der Waals surface area contributed by atoms with Gasteiger partial charge in [0.15, 0.2) is 0 Å². The second kappa shape index (κ2) is 10.6. The van der Waals surface area contributed by atoms with E-state index in [9.17, 15) is 14.4 Å². The number of thioether (sulfide) groups is 1. The van der Waals surface area contributed by atoms with E-state index in [1.54, 1.807) is 23.1 Å². The Balaban J connectivity index is 1.20. The number of hydrogen-bond donors (Lipinski definition) is 0. The van der Waals surface area contributed by atoms with Crippen LogP contribution in [0.3, 0.4) is 0 Å². The number of fused-ring (bicyclic) bond motifs is 1. The smallest absolute Gasteiger partial charge is 0.294 e. The van der Waals surface area contributed by atoms with Gasteiger partial charge in [-0.3, -0.25) is 19.3 Å². The minimum absolute atomic E-state index is 0.229. The maximum Gasteiger partial charge on any atom is 0.294 e. The summed E-state index contributed by atoms with van der Waals surface area (Å²) in [4.78, 5) is 41.3. The Hall–Kier alpha value is -3.55. The van der Waals surface area contributed by atoms with E-state index in [1.807, 2.05) is 54.6 Å². The van der Waals surface area contributed by atoms with Gasteiger partial charge in [0, 0.05) is 23.7 Å². The molecule has 0 aromatic heterocycles. The summed E-state index contributed by atoms with van der Waals surface area (Å²) in [7, 11) is 0. The van der Waals surface area contributed by atoms with E-state index in [2.05, 4.69) is 6.07 Å². The molecule has 0 aliphatic carbocycles. The van der Waals surface area contributed by atoms with E-state index >= 15 is 0 Å². The standard InChI is InChI=1S/C28H23ClN2O4S/c29-24-8-4-3-7-22(24)18-35-23-11-9-19(10-12-23)15-25-27(33)31(28(34)36-25)17-26(32)30-14-13-20-5-1-2-6-21(20)16-30/h1-12,15H,13-14,16-18H2/b25-15+. The highest BCUT2D eigenvalue weighted by molar-refractivity contribution is 8.18. The van der Waals surface area contributed by atoms with Crippen LogP contribution in [-0.2, 0) is 29.2 Å². The Morgan fingerprint density at radius 3 is 2.47 bits per heavy atom. The van der Waals surface area contributed by atoms with Crippen molar-refractivity contribution in [3.8, 4) is 5.75 Å². The molecule has 0 atom stereocenters. The van der Waals surface area contributed by atoms with Crippen LogP contribution in [0.5, 0.6) is 5.75 Å². The number of imide groups is 1. The van der Waals surface area contributed by atoms with Gasteiger partial charge < -0.3 is 9.64 Å². The van der Waals surface area contributed by atoms with Crippen molar-refractivity contribution < 1.29 is 19.1 Å². The molecule has 1 saturated heterocycles. The van der Waals surface area contributed by atoms with Crippen molar-refractivity contribution >= 4 is 46.5 Å². The molecule has 5 rings (SSSR count). The predicted octanol–water partition coefficient (Wildman–Crippen LogP) is 5.54. The molecule has 0 radical (unpaired) electrons. The Kier molecular flexibility index (Phi) is 7.11. The van der Waals surface area contributed by atoms with Crippen LogP contribution in [0.2, 0.25) is 5.02 Å². The summed E-state index contributed by atoms with van der Waals surface area (Å²) in [6.07, 6.45) is 2.42. The monoisotopic (exact) mass is 518 g/mol. The lowest BCUT2D eigenvalue weighted by molar-refractivity contribution is -0.136. The first-order valence-corrected chi connectivity index (χ1v) is 12.7. The van der Waals surface area contributed by atoms with Gasteiger partial charge in [-0.2, -0.15) is 0 Å². The summed E-state index contributed by atoms with van der Waals surface area (Å²) < 4.78 is 5.79. The van der Waals surface area contributed by atoms with Gasteiger partial charge in [0.25, 0.3) is 11.1 Å². The summed E-state index contributed by atoms with van der Waals surface area (Å²) in [6.45, 7) is 1.16. The van der Waals surface area contributed by atoms with Crippen LogP contribution < -0.4 is 4.74 Å². The number of halogens is 1. The molecule has 36 heavy (non-hydrogen) atoms. The van der Waals surface area contributed by atoms with Crippen LogP contribution in [0.25, 0.3) is 6.08 Å². The number of benzene rings is 3. The molecule has 3 aromatic carbocycles. The third-order valence-corrected chi connectivity index (χ3v) is 7.46. The molecule has 2 heterocycles. The summed E-state index contributed by atoms with van der Waals surface area (Å²) in [5.41, 5.74) is 3.98. The molecule has 3 aromatic rings. The Labute approximate surface area is 218 Å². The number of rotatable bonds is 6. The number of ether oxygens (including phenoxy) is 1. The molecule has 2 aliphatic heterocycles. The molecule has 0 spiro atoms. The van der Waals surface area contributed by atoms with Gasteiger partial charge in [0.2, 0.25) is 5.91 Å². The van der Waals surface area contributed by atoms with Crippen LogP contribution in [0.15, 0.2) is 77.7 Å². The first-order chi connectivity index (χ1) is 17.5. The zero-order chi connectivity index (χ0) is 25.1. The zero-order valence-electron chi connectivity index (χ0n) is 19.4. The van der Waals surface area contributed by atoms with Crippen molar-refractivity contribution in [2.45, 2.75) is 19.6 Å². The fourth-order valence-electron chi connectivity index (χ4n) is 4.17. The number of carbonyl (C=O) groups excluding carboxylic acids is 3. The van der Waals surface area contributed by atoms with Gasteiger partial charge in [-0.1, -0.05) is 66.2 Å². The van der Waals surface area contributed by atoms with Crippen LogP contribution in [0.4, 0.5) is 4.79 Å². The molecule has 182 valence electrons. The first-order valence-electron chi connectivity index (χ1n) is 11.5. The molecule has 6 nitrogen and oxygen atoms in total. The van der Waals surface area contributed by atoms with Crippen molar-refractivity contribution in [3.63, 3.8) is 0 Å². The van der Waals surface area contributed by atoms with Gasteiger partial charge in [-0.25, -0.2) is 0 Å². The SMILES string of the molecule is O=C(CN1C(=O)S/C(=C/c2ccc(OCc3ccccc3Cl)cc2)C1=O)N1CCc2ccccc2C1. The molecular weight excluding hydrogens is 496 g/mol. The molecule has 0 N–H and O–H groups in total. The highest BCUT2D eigenvalue weighted by Gasteiger charge is 2.37. The van der Waals surface area contributed by atoms with E-state index in [0.29, 0.717) is 35.4 Å². The quantitative estimate of drug-likeness (QED) is 0.401. The van der Waals surface area contributed by atoms with Crippen LogP contribution in [0, 0.1) is 0 Å². The highest BCUT2D eigenvalue weighted by Crippen LogP contribution is 2.33. The topological polar surface area (TPSA) is 66.9 Å². The second-order valence-corrected chi connectivity index (χ2v) is 9.95. The number of amides is 3. The van der Waals surface area contributed by atoms with Crippen molar-refractivity contribution in [1.82, 2.24) is 9.80 Å². The van der Waals surface area contributed by atoms with E-state index in [1.165, 1.54) is 5.56 Å². The summed E-state index contributed by atoms with van der Waals surface area (Å²) in [5, 5.41) is 0.213. The molecule has 0 bridgehead atoms. The number of hydrogen-bond acceptors (Lipinski definition) is 5. The average Bonchev–Trinajstić information content (AvgIpc) is 3.16. The van der Waals surface area contributed by atoms with Gasteiger partial charge in [-0.15, -0.1) is 0 Å². The summed E-state index contributed by atoms with van der Waals surface area (Å²) in [6, 6.07) is 22.7. The van der Waals surface area contributed by atoms with Crippen molar-refractivity contribution in [2.24, 2.45) is 0 Å². The Morgan fingerprint density at radius 2 is 1.69 bits per heavy atom. The molecule has 0 unspecified atom stereocenters. The summed E-state index contributed by atoms with van der Waals surface area (Å²) >= 11 is 7.02. The minimum atomic E-state index is -0.449. The molecule has 8 heteroatoms. The molecule has 2 aliphatic rings. The highest BCUT2D eigenvalue weighted by atomic mass is 35.5. The third-order valence-electron chi connectivity index (χ3n) is 6.18. The van der Waals surface area contributed by atoms with E-state index in [-0.39, 0.29) is 12.5 Å². The average molecular weight is 519 g/mol. The van der Waals surface area contributed by atoms with Gasteiger partial charge in [0.1, 0.15) is 18.9 Å². The molecule has 1 fully saturated rings. The zero-order valence-corrected chi connectivity index (χ0v) is 20.9. The lowest BCUT2D eigenvalue weighted by Gasteiger charge is -2.29. The fourth-order valence-corrected chi connectivity index (χ4v) is 5.20. The molecular formula is C28H23ClN2O4S. The van der Waals surface area contributed by atoms with Crippen LogP contribution in [0.1, 0.15) is 22.3 Å². The van der Waals surface area contributed by atoms with E-state index in [4.69, 9.17) is 16.3 Å². The van der Waals surface area contributed by atoms with Gasteiger partial charge in [-0.05, 0) is 59.1 Å². The van der Waals surface area contributed by atoms with Gasteiger partial charge >= 0.3 is 0 Å². The second-order valence-electron chi connectivity index (χ2n) is 8.55. The largest absolute Gasteiger partial charge is 0.489 e. The number of nitrogens with zero attached hydrogens (tertiary/aromatic N) is 2. The van der Waals surface area contributed by atoms with Crippen LogP contribution >= 0.6 is 23.4 Å². The normalized spacial score (nSPS) is 16.4. The van der Waals surface area contributed by atoms with Crippen molar-refractivity contribution in [2.75, 3.05) is 13.1 Å². The fraction of sp³-hybridized carbons (Fsp3) is 0.179. The Bertz CT molecular complexity index is 1360. The Morgan fingerprint density at radius 1 is 0.972 bits per heavy atom. The number of carbonyl (C=O) groups is 3. The van der Waals surface area contributed by atoms with Gasteiger partial charge in [0.05, 0.1) is 4.91 Å². The lowest BCUT2D eigenvalue weighted by Crippen LogP contribution is -2.44. The molecule has 3 amide bonds. The predicted molar refractivity (Wildman–Crippen MR) is 140 cm³/mol. The minimum Gasteiger partial charge on any atom is -0.489 e. The third kappa shape index (κ3) is 5.32. The maximum absolute atomic E-state index is 12.9. The van der Waals surface area contributed by atoms with E-state index in [0.717, 1.165) is 39.8 Å². The van der Waals surface area contributed by atoms with E-state index < -0.39 is 11.1 Å². The van der Waals surface area contributed by atoms with Crippen LogP contribution in [-0.4, -0.2) is 39.9 Å². The molecule has 0 saturated carbocycles. The van der Waals surface area contributed by atoms with Crippen molar-refractivity contribution in [1.29, 1.82) is 0 Å². The maximum atomic E-state index is 12.9. The summed E-state index contributed by atoms with van der Waals surface area (Å²) in [5.74, 6) is -0.0169. The van der Waals surface area contributed by atoms with Crippen molar-refractivity contribution in [3.05, 3.63) is 105 Å². The first kappa shape index (κ1) is 24.2.